The van der Waals surface area contributed by atoms with Crippen LogP contribution < -0.4 is 0 Å². The zero-order valence-corrected chi connectivity index (χ0v) is 36.2. The van der Waals surface area contributed by atoms with E-state index in [9.17, 15) is 0 Å². The second-order valence-electron chi connectivity index (χ2n) is 10.9. The molecule has 0 amide bonds. The molecule has 0 saturated heterocycles. The Morgan fingerprint density at radius 2 is 1.15 bits per heavy atom. The van der Waals surface area contributed by atoms with Crippen LogP contribution in [0.15, 0.2) is 99.0 Å². The van der Waals surface area contributed by atoms with Crippen molar-refractivity contribution < 1.29 is 0 Å². The summed E-state index contributed by atoms with van der Waals surface area (Å²) in [6.45, 7) is 0. The maximum Gasteiger partial charge on any atom is 0.0929 e. The van der Waals surface area contributed by atoms with E-state index in [4.69, 9.17) is 0 Å². The van der Waals surface area contributed by atoms with Gasteiger partial charge in [0.25, 0.3) is 0 Å². The third kappa shape index (κ3) is 9.32. The van der Waals surface area contributed by atoms with Gasteiger partial charge in [0.05, 0.1) is 77.5 Å². The number of aryl methyl sites for hydroxylation is 3. The molecule has 10 rings (SSSR count). The molecule has 4 aliphatic rings. The zero-order chi connectivity index (χ0) is 36.6. The van der Waals surface area contributed by atoms with Crippen molar-refractivity contribution in [1.82, 2.24) is 74.7 Å². The Hall–Kier alpha value is -3.98. The minimum atomic E-state index is 0.965. The molecule has 0 fully saturated rings. The number of hydrogen-bond acceptors (Lipinski definition) is 10. The van der Waals surface area contributed by atoms with Crippen LogP contribution in [0.2, 0.25) is 0 Å². The van der Waals surface area contributed by atoms with E-state index in [0.29, 0.717) is 0 Å². The van der Waals surface area contributed by atoms with E-state index in [1.54, 1.807) is 52.7 Å². The fourth-order valence-electron chi connectivity index (χ4n) is 4.70. The molecule has 15 nitrogen and oxygen atoms in total. The Morgan fingerprint density at radius 3 is 1.90 bits per heavy atom. The number of fused-ring (bicyclic) bond motifs is 5. The number of nitrogens with zero attached hydrogens (tertiary/aromatic N) is 13. The average Bonchev–Trinajstić information content (AvgIpc) is 4.00. The van der Waals surface area contributed by atoms with E-state index in [2.05, 4.69) is 157 Å². The quantitative estimate of drug-likeness (QED) is 0.149. The number of aromatic amines is 2. The first-order valence-corrected chi connectivity index (χ1v) is 19.4. The molecule has 52 heavy (non-hydrogen) atoms. The van der Waals surface area contributed by atoms with Gasteiger partial charge in [0.15, 0.2) is 0 Å². The summed E-state index contributed by atoms with van der Waals surface area (Å²) in [6.07, 6.45) is 27.6. The lowest BCUT2D eigenvalue weighted by Gasteiger charge is -1.99. The van der Waals surface area contributed by atoms with Crippen molar-refractivity contribution in [2.75, 3.05) is 0 Å². The molecule has 4 aliphatic heterocycles. The Kier molecular flexibility index (Phi) is 12.9. The van der Waals surface area contributed by atoms with E-state index < -0.39 is 0 Å². The molecule has 0 unspecified atom stereocenters. The van der Waals surface area contributed by atoms with Gasteiger partial charge in [-0.15, -0.1) is 0 Å². The van der Waals surface area contributed by atoms with E-state index in [0.717, 1.165) is 47.8 Å². The molecule has 10 heterocycles. The highest BCUT2D eigenvalue weighted by Gasteiger charge is 2.09. The highest BCUT2D eigenvalue weighted by molar-refractivity contribution is 14.1. The molecule has 2 N–H and O–H groups in total. The van der Waals surface area contributed by atoms with Gasteiger partial charge in [0, 0.05) is 106 Å². The van der Waals surface area contributed by atoms with Crippen molar-refractivity contribution in [1.29, 1.82) is 0 Å². The van der Waals surface area contributed by atoms with Gasteiger partial charge in [0.2, 0.25) is 0 Å². The van der Waals surface area contributed by atoms with Gasteiger partial charge in [-0.2, -0.15) is 40.8 Å². The van der Waals surface area contributed by atoms with Crippen LogP contribution in [0.4, 0.5) is 0 Å². The molecule has 262 valence electrons. The summed E-state index contributed by atoms with van der Waals surface area (Å²) in [5, 5.41) is 34.2. The van der Waals surface area contributed by atoms with E-state index >= 15 is 0 Å². The van der Waals surface area contributed by atoms with E-state index in [1.807, 2.05) is 75.2 Å². The third-order valence-electron chi connectivity index (χ3n) is 7.32. The highest BCUT2D eigenvalue weighted by atomic mass is 127. The SMILES string of the molecule is Cn1cc(I)c2cnncc21.Cn1cc2c(I)cnc-2cn1.Cn1cc2ncc(I)c-2cn1.Ic1c[nH]c2cnncc12.c1cc2cnncc2[nH]1. The molecule has 0 bridgehead atoms. The maximum atomic E-state index is 4.21. The highest BCUT2D eigenvalue weighted by Crippen LogP contribution is 2.25. The van der Waals surface area contributed by atoms with Crippen molar-refractivity contribution >= 4 is 123 Å². The molecule has 19 heteroatoms. The molecule has 0 aliphatic carbocycles. The normalized spacial score (nSPS) is 10.6. The van der Waals surface area contributed by atoms with Gasteiger partial charge >= 0.3 is 0 Å². The lowest BCUT2D eigenvalue weighted by Crippen LogP contribution is -1.96. The van der Waals surface area contributed by atoms with Crippen LogP contribution in [0, 0.1) is 14.3 Å². The first-order chi connectivity index (χ1) is 25.2. The van der Waals surface area contributed by atoms with Crippen LogP contribution >= 0.6 is 90.4 Å². The van der Waals surface area contributed by atoms with Crippen LogP contribution in [0.25, 0.3) is 55.2 Å². The molecular weight excluding hydrogens is 1110 g/mol. The maximum absolute atomic E-state index is 4.21. The topological polar surface area (TPSA) is 175 Å². The van der Waals surface area contributed by atoms with Gasteiger partial charge < -0.3 is 14.5 Å². The molecule has 6 aromatic rings. The first kappa shape index (κ1) is 37.8. The van der Waals surface area contributed by atoms with Gasteiger partial charge in [-0.3, -0.25) is 19.3 Å². The molecule has 0 atom stereocenters. The van der Waals surface area contributed by atoms with Crippen LogP contribution in [-0.2, 0) is 21.1 Å². The van der Waals surface area contributed by atoms with Crippen LogP contribution in [-0.4, -0.2) is 74.7 Å². The van der Waals surface area contributed by atoms with Gasteiger partial charge in [0.1, 0.15) is 0 Å². The van der Waals surface area contributed by atoms with E-state index in [1.165, 1.54) is 21.7 Å². The summed E-state index contributed by atoms with van der Waals surface area (Å²) >= 11 is 9.06. The summed E-state index contributed by atoms with van der Waals surface area (Å²) in [5.74, 6) is 0. The third-order valence-corrected chi connectivity index (χ3v) is 10.8. The summed E-state index contributed by atoms with van der Waals surface area (Å²) in [4.78, 5) is 14.5. The lowest BCUT2D eigenvalue weighted by molar-refractivity contribution is 0.738. The second kappa shape index (κ2) is 17.7. The fourth-order valence-corrected chi connectivity index (χ4v) is 7.23. The Balaban J connectivity index is 0.000000112. The predicted octanol–water partition coefficient (Wildman–Crippen LogP) is 7.14. The Labute approximate surface area is 351 Å². The van der Waals surface area contributed by atoms with Crippen LogP contribution in [0.3, 0.4) is 0 Å². The van der Waals surface area contributed by atoms with Crippen LogP contribution in [0.5, 0.6) is 0 Å². The minimum Gasteiger partial charge on any atom is -0.360 e. The number of nitrogens with one attached hydrogen (secondary N) is 2. The summed E-state index contributed by atoms with van der Waals surface area (Å²) in [5.41, 5.74) is 7.47. The summed E-state index contributed by atoms with van der Waals surface area (Å²) in [7, 11) is 5.80. The standard InChI is InChI=1S/3C7H6IN3.C6H4IN3.C6H5N3/c1-11-4-5-6(8)2-9-7(5)3-10-11;1-11-4-6(8)5-2-9-10-3-7(5)11;1-11-4-7-5(2-10-11)6(8)3-9-7;7-5-2-8-6-3-10-9-1-4(5)6;1-2-7-6-4-9-8-3-5(1)6/h3*2-4H,1H3;1-3,8H;1-4,7H. The Bertz CT molecular complexity index is 2540. The largest absolute Gasteiger partial charge is 0.360 e. The van der Waals surface area contributed by atoms with Gasteiger partial charge in [-0.05, 0) is 96.4 Å². The van der Waals surface area contributed by atoms with Crippen LogP contribution in [0.1, 0.15) is 0 Å². The summed E-state index contributed by atoms with van der Waals surface area (Å²) < 4.78 is 10.3. The first-order valence-electron chi connectivity index (χ1n) is 15.1. The lowest BCUT2D eigenvalue weighted by atomic mass is 10.3. The van der Waals surface area contributed by atoms with E-state index in [-0.39, 0.29) is 0 Å². The van der Waals surface area contributed by atoms with Crippen molar-refractivity contribution in [3.63, 3.8) is 0 Å². The molecule has 0 radical (unpaired) electrons. The number of aromatic nitrogens is 15. The molecule has 0 saturated carbocycles. The fraction of sp³-hybridized carbons (Fsp3) is 0.0909. The van der Waals surface area contributed by atoms with Gasteiger partial charge in [-0.1, -0.05) is 0 Å². The van der Waals surface area contributed by atoms with Gasteiger partial charge in [-0.25, -0.2) is 0 Å². The molecule has 0 spiro atoms. The monoisotopic (exact) mass is 1140 g/mol. The van der Waals surface area contributed by atoms with Crippen molar-refractivity contribution in [2.45, 2.75) is 0 Å². The number of H-pyrrole nitrogens is 2. The van der Waals surface area contributed by atoms with Crippen molar-refractivity contribution in [3.05, 3.63) is 113 Å². The van der Waals surface area contributed by atoms with Crippen molar-refractivity contribution in [3.8, 4) is 22.5 Å². The van der Waals surface area contributed by atoms with Crippen molar-refractivity contribution in [2.24, 2.45) is 21.1 Å². The minimum absolute atomic E-state index is 0.965. The number of halogens is 4. The number of hydrogen-bond donors (Lipinski definition) is 2. The second-order valence-corrected chi connectivity index (χ2v) is 15.5. The smallest absolute Gasteiger partial charge is 0.0929 e. The molecule has 6 aromatic heterocycles. The number of rotatable bonds is 0. The molecule has 0 aromatic carbocycles. The predicted molar refractivity (Wildman–Crippen MR) is 232 cm³/mol. The zero-order valence-electron chi connectivity index (χ0n) is 27.6. The average molecular weight is 1140 g/mol. The summed E-state index contributed by atoms with van der Waals surface area (Å²) in [6, 6.07) is 1.96. The molecular formula is C33H27I4N15. The Morgan fingerprint density at radius 1 is 0.519 bits per heavy atom.